The molecule has 138 valence electrons. The largest absolute Gasteiger partial charge is 0.338 e. The minimum Gasteiger partial charge on any atom is -0.338 e. The van der Waals surface area contributed by atoms with E-state index in [0.29, 0.717) is 6.54 Å². The van der Waals surface area contributed by atoms with Gasteiger partial charge in [0.05, 0.1) is 5.69 Å². The topological polar surface area (TPSA) is 73.4 Å². The summed E-state index contributed by atoms with van der Waals surface area (Å²) in [5.74, 6) is 0.315. The first-order valence-electron chi connectivity index (χ1n) is 8.67. The molecule has 2 heterocycles. The third-order valence-electron chi connectivity index (χ3n) is 4.29. The van der Waals surface area contributed by atoms with Crippen LogP contribution in [-0.2, 0) is 0 Å². The molecule has 1 fully saturated rings. The van der Waals surface area contributed by atoms with Gasteiger partial charge in [-0.2, -0.15) is 0 Å². The van der Waals surface area contributed by atoms with Gasteiger partial charge in [-0.25, -0.2) is 19.2 Å². The van der Waals surface area contributed by atoms with Crippen LogP contribution in [0.2, 0.25) is 0 Å². The zero-order valence-corrected chi connectivity index (χ0v) is 14.8. The second-order valence-corrected chi connectivity index (χ2v) is 6.24. The molecule has 7 nitrogen and oxygen atoms in total. The number of hydrogen-bond acceptors (Lipinski definition) is 5. The van der Waals surface area contributed by atoms with Crippen molar-refractivity contribution < 1.29 is 9.18 Å². The predicted molar refractivity (Wildman–Crippen MR) is 98.8 cm³/mol. The van der Waals surface area contributed by atoms with Crippen LogP contribution >= 0.6 is 0 Å². The Morgan fingerprint density at radius 1 is 1.19 bits per heavy atom. The van der Waals surface area contributed by atoms with Crippen LogP contribution in [0.4, 0.5) is 20.8 Å². The van der Waals surface area contributed by atoms with Crippen molar-refractivity contribution in [2.75, 3.05) is 49.5 Å². The predicted octanol–water partition coefficient (Wildman–Crippen LogP) is 1.87. The molecular formula is C18H23FN6O. The number of aryl methyl sites for hydroxylation is 1. The second-order valence-electron chi connectivity index (χ2n) is 6.24. The number of piperazine rings is 1. The number of aromatic nitrogens is 2. The zero-order chi connectivity index (χ0) is 18.4. The monoisotopic (exact) mass is 358 g/mol. The van der Waals surface area contributed by atoms with Crippen LogP contribution in [0, 0.1) is 12.7 Å². The second kappa shape index (κ2) is 8.57. The molecule has 3 rings (SSSR count). The SMILES string of the molecule is Cc1ccc(F)c(NC(=O)NCCN2CCN(c3ncccn3)CC2)c1. The highest BCUT2D eigenvalue weighted by Gasteiger charge is 2.18. The van der Waals surface area contributed by atoms with Crippen LogP contribution in [0.15, 0.2) is 36.7 Å². The van der Waals surface area contributed by atoms with Crippen molar-refractivity contribution in [1.82, 2.24) is 20.2 Å². The van der Waals surface area contributed by atoms with E-state index < -0.39 is 11.8 Å². The van der Waals surface area contributed by atoms with Gasteiger partial charge in [0.25, 0.3) is 0 Å². The molecule has 0 aliphatic carbocycles. The van der Waals surface area contributed by atoms with Gasteiger partial charge >= 0.3 is 6.03 Å². The zero-order valence-electron chi connectivity index (χ0n) is 14.8. The minimum atomic E-state index is -0.440. The summed E-state index contributed by atoms with van der Waals surface area (Å²) in [6.07, 6.45) is 3.49. The lowest BCUT2D eigenvalue weighted by Crippen LogP contribution is -2.49. The van der Waals surface area contributed by atoms with E-state index in [1.54, 1.807) is 30.6 Å². The highest BCUT2D eigenvalue weighted by Crippen LogP contribution is 2.15. The number of amides is 2. The van der Waals surface area contributed by atoms with E-state index in [-0.39, 0.29) is 5.69 Å². The summed E-state index contributed by atoms with van der Waals surface area (Å²) in [6.45, 7) is 6.56. The van der Waals surface area contributed by atoms with Crippen molar-refractivity contribution in [3.8, 4) is 0 Å². The van der Waals surface area contributed by atoms with E-state index in [0.717, 1.165) is 44.2 Å². The van der Waals surface area contributed by atoms with E-state index in [1.165, 1.54) is 6.07 Å². The fourth-order valence-corrected chi connectivity index (χ4v) is 2.85. The number of nitrogens with zero attached hydrogens (tertiary/aromatic N) is 4. The fourth-order valence-electron chi connectivity index (χ4n) is 2.85. The van der Waals surface area contributed by atoms with Gasteiger partial charge < -0.3 is 15.5 Å². The molecule has 0 unspecified atom stereocenters. The molecule has 2 N–H and O–H groups in total. The third-order valence-corrected chi connectivity index (χ3v) is 4.29. The lowest BCUT2D eigenvalue weighted by atomic mass is 10.2. The number of hydrogen-bond donors (Lipinski definition) is 2. The Morgan fingerprint density at radius 2 is 1.92 bits per heavy atom. The Hall–Kier alpha value is -2.74. The first-order valence-corrected chi connectivity index (χ1v) is 8.67. The van der Waals surface area contributed by atoms with Crippen LogP contribution in [0.5, 0.6) is 0 Å². The van der Waals surface area contributed by atoms with Crippen LogP contribution in [0.25, 0.3) is 0 Å². The maximum atomic E-state index is 13.7. The van der Waals surface area contributed by atoms with Crippen molar-refractivity contribution in [1.29, 1.82) is 0 Å². The average Bonchev–Trinajstić information content (AvgIpc) is 2.66. The smallest absolute Gasteiger partial charge is 0.319 e. The highest BCUT2D eigenvalue weighted by molar-refractivity contribution is 5.89. The van der Waals surface area contributed by atoms with Crippen LogP contribution < -0.4 is 15.5 Å². The Kier molecular flexibility index (Phi) is 5.96. The highest BCUT2D eigenvalue weighted by atomic mass is 19.1. The molecule has 26 heavy (non-hydrogen) atoms. The van der Waals surface area contributed by atoms with Gasteiger partial charge in [-0.15, -0.1) is 0 Å². The van der Waals surface area contributed by atoms with Gasteiger partial charge in [-0.05, 0) is 30.7 Å². The number of carbonyl (C=O) groups is 1. The maximum absolute atomic E-state index is 13.7. The van der Waals surface area contributed by atoms with E-state index in [4.69, 9.17) is 0 Å². The summed E-state index contributed by atoms with van der Waals surface area (Å²) in [5, 5.41) is 5.32. The Bertz CT molecular complexity index is 734. The van der Waals surface area contributed by atoms with E-state index >= 15 is 0 Å². The number of anilines is 2. The number of nitrogens with one attached hydrogen (secondary N) is 2. The van der Waals surface area contributed by atoms with Gasteiger partial charge in [0.2, 0.25) is 5.95 Å². The molecule has 1 aliphatic rings. The first-order chi connectivity index (χ1) is 12.6. The molecular weight excluding hydrogens is 335 g/mol. The first kappa shape index (κ1) is 18.1. The molecule has 0 saturated carbocycles. The maximum Gasteiger partial charge on any atom is 0.319 e. The molecule has 2 amide bonds. The van der Waals surface area contributed by atoms with Crippen molar-refractivity contribution in [3.05, 3.63) is 48.0 Å². The molecule has 0 atom stereocenters. The summed E-state index contributed by atoms with van der Waals surface area (Å²) in [6, 6.07) is 6.03. The van der Waals surface area contributed by atoms with Crippen molar-refractivity contribution >= 4 is 17.7 Å². The molecule has 2 aromatic rings. The van der Waals surface area contributed by atoms with Crippen LogP contribution in [-0.4, -0.2) is 60.2 Å². The van der Waals surface area contributed by atoms with Crippen molar-refractivity contribution in [2.24, 2.45) is 0 Å². The number of benzene rings is 1. The number of rotatable bonds is 5. The summed E-state index contributed by atoms with van der Waals surface area (Å²) in [4.78, 5) is 24.9. The molecule has 1 aliphatic heterocycles. The Labute approximate surface area is 152 Å². The lowest BCUT2D eigenvalue weighted by molar-refractivity contribution is 0.240. The Morgan fingerprint density at radius 3 is 2.65 bits per heavy atom. The molecule has 8 heteroatoms. The molecule has 1 aromatic carbocycles. The normalized spacial score (nSPS) is 14.9. The molecule has 1 aromatic heterocycles. The van der Waals surface area contributed by atoms with E-state index in [2.05, 4.69) is 30.4 Å². The van der Waals surface area contributed by atoms with Gasteiger partial charge in [0.15, 0.2) is 0 Å². The van der Waals surface area contributed by atoms with Gasteiger partial charge in [0, 0.05) is 51.7 Å². The summed E-state index contributed by atoms with van der Waals surface area (Å²) < 4.78 is 13.7. The summed E-state index contributed by atoms with van der Waals surface area (Å²) in [7, 11) is 0. The van der Waals surface area contributed by atoms with Crippen LogP contribution in [0.1, 0.15) is 5.56 Å². The summed E-state index contributed by atoms with van der Waals surface area (Å²) >= 11 is 0. The number of urea groups is 1. The lowest BCUT2D eigenvalue weighted by Gasteiger charge is -2.34. The number of halogens is 1. The molecule has 1 saturated heterocycles. The number of carbonyl (C=O) groups excluding carboxylic acids is 1. The van der Waals surface area contributed by atoms with Crippen molar-refractivity contribution in [3.63, 3.8) is 0 Å². The third kappa shape index (κ3) is 4.89. The standard InChI is InChI=1S/C18H23FN6O/c1-14-3-4-15(19)16(13-14)23-18(26)22-7-8-24-9-11-25(12-10-24)17-20-5-2-6-21-17/h2-6,13H,7-12H2,1H3,(H2,22,23,26). The van der Waals surface area contributed by atoms with Crippen LogP contribution in [0.3, 0.4) is 0 Å². The summed E-state index contributed by atoms with van der Waals surface area (Å²) in [5.41, 5.74) is 1.08. The van der Waals surface area contributed by atoms with Crippen molar-refractivity contribution in [2.45, 2.75) is 6.92 Å². The molecule has 0 bridgehead atoms. The van der Waals surface area contributed by atoms with Gasteiger partial charge in [-0.3, -0.25) is 4.90 Å². The fraction of sp³-hybridized carbons (Fsp3) is 0.389. The minimum absolute atomic E-state index is 0.193. The quantitative estimate of drug-likeness (QED) is 0.854. The van der Waals surface area contributed by atoms with Gasteiger partial charge in [0.1, 0.15) is 5.82 Å². The van der Waals surface area contributed by atoms with Gasteiger partial charge in [-0.1, -0.05) is 6.07 Å². The average molecular weight is 358 g/mol. The molecule has 0 spiro atoms. The van der Waals surface area contributed by atoms with E-state index in [1.807, 2.05) is 6.92 Å². The van der Waals surface area contributed by atoms with E-state index in [9.17, 15) is 9.18 Å². The molecule has 0 radical (unpaired) electrons. The Balaban J connectivity index is 1.38.